The second-order valence-electron chi connectivity index (χ2n) is 7.97. The molecule has 3 aromatic carbocycles. The highest BCUT2D eigenvalue weighted by molar-refractivity contribution is 5.87. The fourth-order valence-electron chi connectivity index (χ4n) is 4.06. The van der Waals surface area contributed by atoms with Gasteiger partial charge in [0.05, 0.1) is 5.56 Å². The van der Waals surface area contributed by atoms with Crippen LogP contribution in [0.5, 0.6) is 5.75 Å². The molecular formula is C26H23F3N2O2. The number of amides is 1. The number of hydrogen-bond donors (Lipinski definition) is 2. The number of halogens is 3. The van der Waals surface area contributed by atoms with E-state index in [1.165, 1.54) is 18.2 Å². The summed E-state index contributed by atoms with van der Waals surface area (Å²) in [6, 6.07) is 15.8. The lowest BCUT2D eigenvalue weighted by molar-refractivity contribution is -0.137. The van der Waals surface area contributed by atoms with Crippen LogP contribution in [0.1, 0.15) is 22.3 Å². The molecule has 1 amide bonds. The molecule has 0 aliphatic carbocycles. The zero-order chi connectivity index (χ0) is 23.6. The first kappa shape index (κ1) is 22.5. The minimum Gasteiger partial charge on any atom is -0.508 e. The van der Waals surface area contributed by atoms with Crippen LogP contribution >= 0.6 is 0 Å². The van der Waals surface area contributed by atoms with Gasteiger partial charge >= 0.3 is 6.18 Å². The van der Waals surface area contributed by atoms with Gasteiger partial charge in [0, 0.05) is 25.3 Å². The molecule has 0 saturated carbocycles. The average Bonchev–Trinajstić information content (AvgIpc) is 2.81. The summed E-state index contributed by atoms with van der Waals surface area (Å²) in [7, 11) is 0. The van der Waals surface area contributed by atoms with Crippen molar-refractivity contribution in [3.05, 3.63) is 95.6 Å². The van der Waals surface area contributed by atoms with Crippen LogP contribution in [0, 0.1) is 0 Å². The molecule has 0 unspecified atom stereocenters. The third kappa shape index (κ3) is 5.03. The third-order valence-electron chi connectivity index (χ3n) is 5.76. The van der Waals surface area contributed by atoms with E-state index in [0.29, 0.717) is 31.6 Å². The molecule has 1 aliphatic rings. The monoisotopic (exact) mass is 452 g/mol. The van der Waals surface area contributed by atoms with Crippen LogP contribution in [0.2, 0.25) is 0 Å². The number of benzene rings is 3. The van der Waals surface area contributed by atoms with E-state index in [0.717, 1.165) is 40.1 Å². The molecule has 1 aliphatic heterocycles. The number of anilines is 1. The minimum atomic E-state index is -4.39. The summed E-state index contributed by atoms with van der Waals surface area (Å²) in [6.45, 7) is 4.97. The van der Waals surface area contributed by atoms with Gasteiger partial charge in [0.2, 0.25) is 5.91 Å². The molecule has 0 aromatic heterocycles. The van der Waals surface area contributed by atoms with E-state index in [-0.39, 0.29) is 11.7 Å². The summed E-state index contributed by atoms with van der Waals surface area (Å²) in [5, 5.41) is 13.1. The lowest BCUT2D eigenvalue weighted by atomic mass is 9.92. The zero-order valence-electron chi connectivity index (χ0n) is 17.8. The molecule has 4 rings (SSSR count). The smallest absolute Gasteiger partial charge is 0.416 e. The highest BCUT2D eigenvalue weighted by Crippen LogP contribution is 2.35. The van der Waals surface area contributed by atoms with E-state index < -0.39 is 11.7 Å². The van der Waals surface area contributed by atoms with Crippen molar-refractivity contribution in [3.8, 4) is 16.9 Å². The number of phenolic OH excluding ortho intramolecular Hbond substituents is 1. The third-order valence-corrected chi connectivity index (χ3v) is 5.76. The van der Waals surface area contributed by atoms with Crippen molar-refractivity contribution < 1.29 is 23.1 Å². The van der Waals surface area contributed by atoms with Crippen molar-refractivity contribution in [1.29, 1.82) is 0 Å². The van der Waals surface area contributed by atoms with E-state index >= 15 is 0 Å². The van der Waals surface area contributed by atoms with Crippen LogP contribution < -0.4 is 5.32 Å². The van der Waals surface area contributed by atoms with Gasteiger partial charge in [0.15, 0.2) is 0 Å². The van der Waals surface area contributed by atoms with Crippen molar-refractivity contribution in [2.24, 2.45) is 0 Å². The number of phenols is 1. The zero-order valence-corrected chi connectivity index (χ0v) is 17.8. The largest absolute Gasteiger partial charge is 0.508 e. The Kier molecular flexibility index (Phi) is 6.14. The molecule has 2 N–H and O–H groups in total. The second-order valence-corrected chi connectivity index (χ2v) is 7.97. The fraction of sp³-hybridized carbons (Fsp3) is 0.192. The number of alkyl halides is 3. The van der Waals surface area contributed by atoms with E-state index in [9.17, 15) is 23.1 Å². The second kappa shape index (κ2) is 9.02. The van der Waals surface area contributed by atoms with E-state index in [1.807, 2.05) is 18.2 Å². The number of carbonyl (C=O) groups excluding carboxylic acids is 1. The number of nitrogens with one attached hydrogen (secondary N) is 1. The lowest BCUT2D eigenvalue weighted by Crippen LogP contribution is -2.35. The molecule has 0 radical (unpaired) electrons. The van der Waals surface area contributed by atoms with Gasteiger partial charge in [0.25, 0.3) is 0 Å². The Balaban J connectivity index is 1.70. The normalized spacial score (nSPS) is 13.4. The topological polar surface area (TPSA) is 52.6 Å². The molecule has 0 bridgehead atoms. The quantitative estimate of drug-likeness (QED) is 0.484. The SMILES string of the molecule is C=CC(=O)N1CCc2c(cc(-c3ccc(C(F)(F)F)cc3)cc2NCc2cccc(O)c2)C1. The van der Waals surface area contributed by atoms with Crippen molar-refractivity contribution >= 4 is 11.6 Å². The summed E-state index contributed by atoms with van der Waals surface area (Å²) < 4.78 is 38.9. The number of rotatable bonds is 5. The van der Waals surface area contributed by atoms with Crippen molar-refractivity contribution in [2.45, 2.75) is 25.7 Å². The van der Waals surface area contributed by atoms with Crippen LogP contribution in [0.3, 0.4) is 0 Å². The summed E-state index contributed by atoms with van der Waals surface area (Å²) in [5.41, 5.74) is 4.46. The molecule has 33 heavy (non-hydrogen) atoms. The summed E-state index contributed by atoms with van der Waals surface area (Å²) in [4.78, 5) is 13.9. The minimum absolute atomic E-state index is 0.158. The molecule has 1 heterocycles. The van der Waals surface area contributed by atoms with Crippen molar-refractivity contribution in [1.82, 2.24) is 4.90 Å². The summed E-state index contributed by atoms with van der Waals surface area (Å²) in [5.74, 6) is 0.0169. The number of carbonyl (C=O) groups is 1. The predicted octanol–water partition coefficient (Wildman–Crippen LogP) is 5.76. The fourth-order valence-corrected chi connectivity index (χ4v) is 4.06. The number of aromatic hydroxyl groups is 1. The van der Waals surface area contributed by atoms with E-state index in [4.69, 9.17) is 0 Å². The van der Waals surface area contributed by atoms with Gasteiger partial charge in [-0.15, -0.1) is 0 Å². The van der Waals surface area contributed by atoms with Gasteiger partial charge in [-0.05, 0) is 76.7 Å². The van der Waals surface area contributed by atoms with E-state index in [2.05, 4.69) is 11.9 Å². The van der Waals surface area contributed by atoms with Gasteiger partial charge in [0.1, 0.15) is 5.75 Å². The van der Waals surface area contributed by atoms with Gasteiger partial charge in [-0.1, -0.05) is 30.8 Å². The first-order valence-corrected chi connectivity index (χ1v) is 10.5. The van der Waals surface area contributed by atoms with Gasteiger partial charge in [-0.3, -0.25) is 4.79 Å². The van der Waals surface area contributed by atoms with Crippen LogP contribution in [0.25, 0.3) is 11.1 Å². The van der Waals surface area contributed by atoms with Gasteiger partial charge in [-0.2, -0.15) is 13.2 Å². The molecule has 0 fully saturated rings. The maximum atomic E-state index is 13.0. The highest BCUT2D eigenvalue weighted by atomic mass is 19.4. The Labute approximate surface area is 190 Å². The summed E-state index contributed by atoms with van der Waals surface area (Å²) in [6.07, 6.45) is -2.47. The number of fused-ring (bicyclic) bond motifs is 1. The highest BCUT2D eigenvalue weighted by Gasteiger charge is 2.30. The Morgan fingerprint density at radius 2 is 1.85 bits per heavy atom. The lowest BCUT2D eigenvalue weighted by Gasteiger charge is -2.30. The van der Waals surface area contributed by atoms with E-state index in [1.54, 1.807) is 23.1 Å². The molecule has 0 saturated heterocycles. The van der Waals surface area contributed by atoms with Crippen LogP contribution in [0.15, 0.2) is 73.3 Å². The van der Waals surface area contributed by atoms with Crippen LogP contribution in [-0.4, -0.2) is 22.5 Å². The first-order valence-electron chi connectivity index (χ1n) is 10.5. The molecule has 3 aromatic rings. The molecule has 7 heteroatoms. The van der Waals surface area contributed by atoms with Crippen molar-refractivity contribution in [3.63, 3.8) is 0 Å². The maximum absolute atomic E-state index is 13.0. The average molecular weight is 452 g/mol. The Morgan fingerprint density at radius 3 is 2.52 bits per heavy atom. The van der Waals surface area contributed by atoms with Crippen LogP contribution in [0.4, 0.5) is 18.9 Å². The Morgan fingerprint density at radius 1 is 1.09 bits per heavy atom. The first-order chi connectivity index (χ1) is 15.7. The predicted molar refractivity (Wildman–Crippen MR) is 122 cm³/mol. The molecule has 170 valence electrons. The molecule has 4 nitrogen and oxygen atoms in total. The molecule has 0 atom stereocenters. The standard InChI is InChI=1S/C26H23F3N2O2/c1-2-25(33)31-11-10-23-20(16-31)13-19(18-6-8-21(9-7-18)26(27,28)29)14-24(23)30-15-17-4-3-5-22(32)12-17/h2-9,12-14,30,32H,1,10-11,15-16H2. The number of hydrogen-bond acceptors (Lipinski definition) is 3. The Hall–Kier alpha value is -3.74. The van der Waals surface area contributed by atoms with Crippen molar-refractivity contribution in [2.75, 3.05) is 11.9 Å². The van der Waals surface area contributed by atoms with Gasteiger partial charge in [-0.25, -0.2) is 0 Å². The van der Waals surface area contributed by atoms with Crippen LogP contribution in [-0.2, 0) is 30.5 Å². The maximum Gasteiger partial charge on any atom is 0.416 e. The Bertz CT molecular complexity index is 1190. The van der Waals surface area contributed by atoms with Gasteiger partial charge < -0.3 is 15.3 Å². The summed E-state index contributed by atoms with van der Waals surface area (Å²) >= 11 is 0. The number of nitrogens with zero attached hydrogens (tertiary/aromatic N) is 1. The molecule has 0 spiro atoms. The molecular weight excluding hydrogens is 429 g/mol.